The Bertz CT molecular complexity index is 2570. The minimum Gasteiger partial charge on any atom is -0.461 e. The van der Waals surface area contributed by atoms with Crippen molar-refractivity contribution in [3.05, 3.63) is 48.0 Å². The van der Waals surface area contributed by atoms with Gasteiger partial charge >= 0.3 is 23.5 Å². The molecule has 2 saturated carbocycles. The summed E-state index contributed by atoms with van der Waals surface area (Å²) in [6.45, 7) is 0.980. The Kier molecular flexibility index (Phi) is 20.3. The van der Waals surface area contributed by atoms with Crippen molar-refractivity contribution in [1.29, 1.82) is 0 Å². The molecule has 2 aromatic heterocycles. The Morgan fingerprint density at radius 1 is 0.905 bits per heavy atom. The minimum absolute atomic E-state index is 0.0288. The van der Waals surface area contributed by atoms with E-state index in [1.807, 2.05) is 0 Å². The number of anilines is 1. The third kappa shape index (κ3) is 17.2. The number of phosphoric ester groups is 3. The van der Waals surface area contributed by atoms with E-state index < -0.39 is 84.6 Å². The predicted molar refractivity (Wildman–Crippen MR) is 261 cm³/mol. The van der Waals surface area contributed by atoms with Crippen LogP contribution in [-0.2, 0) is 73.1 Å². The van der Waals surface area contributed by atoms with E-state index in [1.165, 1.54) is 25.0 Å². The van der Waals surface area contributed by atoms with Gasteiger partial charge in [-0.2, -0.15) is 4.31 Å². The van der Waals surface area contributed by atoms with Crippen LogP contribution in [-0.4, -0.2) is 130 Å². The number of aliphatic hydroxyl groups is 2. The molecule has 0 radical (unpaired) electrons. The van der Waals surface area contributed by atoms with Crippen LogP contribution >= 0.6 is 23.5 Å². The number of carbonyl (C=O) groups excluding carboxylic acids is 4. The third-order valence-corrected chi connectivity index (χ3v) is 16.6. The van der Waals surface area contributed by atoms with E-state index in [1.54, 1.807) is 0 Å². The van der Waals surface area contributed by atoms with Crippen LogP contribution in [0.3, 0.4) is 0 Å². The van der Waals surface area contributed by atoms with E-state index in [9.17, 15) is 62.7 Å². The molecule has 6 rings (SSSR count). The largest absolute Gasteiger partial charge is 0.481 e. The maximum absolute atomic E-state index is 13.1. The fraction of sp³-hybridized carbons (Fsp3) is 0.667. The van der Waals surface area contributed by atoms with Gasteiger partial charge in [-0.15, -0.1) is 0 Å². The van der Waals surface area contributed by atoms with E-state index in [4.69, 9.17) is 24.3 Å². The number of phosphoric acid groups is 3. The first-order valence-corrected chi connectivity index (χ1v) is 29.0. The number of nitrogens with one attached hydrogen (secondary N) is 2. The average molecular weight is 1100 g/mol. The molecule has 1 aromatic carbocycles. The van der Waals surface area contributed by atoms with Gasteiger partial charge in [0.05, 0.1) is 19.5 Å². The highest BCUT2D eigenvalue weighted by molar-refractivity contribution is 7.61. The molecule has 0 bridgehead atoms. The van der Waals surface area contributed by atoms with Gasteiger partial charge in [0.25, 0.3) is 6.47 Å². The number of hydrogen-bond donors (Lipinski definition) is 9. The van der Waals surface area contributed by atoms with E-state index in [2.05, 4.69) is 58.7 Å². The molecular formula is C45H68N7O19P3. The summed E-state index contributed by atoms with van der Waals surface area (Å²) < 4.78 is 67.9. The van der Waals surface area contributed by atoms with Gasteiger partial charge in [0.2, 0.25) is 11.8 Å². The molecule has 0 spiro atoms. The van der Waals surface area contributed by atoms with Crippen LogP contribution in [0.5, 0.6) is 0 Å². The monoisotopic (exact) mass is 1100 g/mol. The van der Waals surface area contributed by atoms with Crippen molar-refractivity contribution in [2.45, 2.75) is 153 Å². The number of amides is 2. The number of benzene rings is 1. The average Bonchev–Trinajstić information content (AvgIpc) is 4.23. The Morgan fingerprint density at radius 2 is 1.55 bits per heavy atom. The molecule has 7 unspecified atom stereocenters. The number of hydrogen-bond acceptors (Lipinski definition) is 19. The van der Waals surface area contributed by atoms with Crippen molar-refractivity contribution in [1.82, 2.24) is 30.2 Å². The summed E-state index contributed by atoms with van der Waals surface area (Å²) in [5.74, 6) is -1.35. The minimum atomic E-state index is -5.59. The zero-order valence-electron chi connectivity index (χ0n) is 41.3. The van der Waals surface area contributed by atoms with E-state index >= 15 is 0 Å². The van der Waals surface area contributed by atoms with Crippen molar-refractivity contribution < 1.29 is 90.0 Å². The molecule has 7 atom stereocenters. The van der Waals surface area contributed by atoms with Crippen LogP contribution in [0.1, 0.15) is 121 Å². The van der Waals surface area contributed by atoms with Crippen molar-refractivity contribution in [2.75, 3.05) is 32.0 Å². The molecule has 3 heterocycles. The number of fused-ring (bicyclic) bond motifs is 1. The summed E-state index contributed by atoms with van der Waals surface area (Å²) in [7, 11) is -16.5. The van der Waals surface area contributed by atoms with E-state index in [0.29, 0.717) is 6.47 Å². The number of aryl methyl sites for hydroxylation is 2. The molecule has 3 aliphatic rings. The second-order valence-corrected chi connectivity index (χ2v) is 24.1. The highest BCUT2D eigenvalue weighted by Gasteiger charge is 2.51. The Hall–Kier alpha value is -4.10. The van der Waals surface area contributed by atoms with Gasteiger partial charge in [-0.25, -0.2) is 28.6 Å². The molecule has 1 saturated heterocycles. The lowest BCUT2D eigenvalue weighted by atomic mass is 9.87. The first-order chi connectivity index (χ1) is 34.9. The molecule has 2 aliphatic carbocycles. The molecule has 10 N–H and O–H groups in total. The first-order valence-electron chi connectivity index (χ1n) is 24.5. The fourth-order valence-corrected chi connectivity index (χ4v) is 11.7. The number of carbonyl (C=O) groups is 4. The third-order valence-electron chi connectivity index (χ3n) is 13.5. The lowest BCUT2D eigenvalue weighted by Gasteiger charge is -2.30. The van der Waals surface area contributed by atoms with Crippen LogP contribution in [0, 0.1) is 10.8 Å². The molecule has 1 aliphatic heterocycles. The van der Waals surface area contributed by atoms with Crippen molar-refractivity contribution in [3.63, 3.8) is 0 Å². The topological polar surface area (TPSA) is 390 Å². The molecule has 26 nitrogen and oxygen atoms in total. The number of aromatic nitrogens is 4. The van der Waals surface area contributed by atoms with Gasteiger partial charge in [0.1, 0.15) is 47.6 Å². The van der Waals surface area contributed by atoms with Crippen LogP contribution in [0.25, 0.3) is 11.2 Å². The molecule has 74 heavy (non-hydrogen) atoms. The summed E-state index contributed by atoms with van der Waals surface area (Å²) in [6, 6.07) is 8.71. The predicted octanol–water partition coefficient (Wildman–Crippen LogP) is 3.76. The molecule has 3 aromatic rings. The smallest absolute Gasteiger partial charge is 0.461 e. The second-order valence-electron chi connectivity index (χ2n) is 19.9. The van der Waals surface area contributed by atoms with Gasteiger partial charge in [0.15, 0.2) is 17.7 Å². The van der Waals surface area contributed by atoms with Gasteiger partial charge < -0.3 is 55.6 Å². The zero-order valence-corrected chi connectivity index (χ0v) is 44.0. The second kappa shape index (κ2) is 25.4. The number of ether oxygens (including phenoxy) is 2. The van der Waals surface area contributed by atoms with E-state index in [0.717, 1.165) is 107 Å². The van der Waals surface area contributed by atoms with Crippen molar-refractivity contribution in [2.24, 2.45) is 10.8 Å². The lowest BCUT2D eigenvalue weighted by molar-refractivity contribution is -0.137. The van der Waals surface area contributed by atoms with Crippen molar-refractivity contribution in [3.8, 4) is 0 Å². The number of nitrogen functional groups attached to an aromatic ring is 1. The standard InChI is InChI=1S/C45H68N7O19P3/c1-43(2,26-68-74(64,65)71-73(62,63)67-25-32-37(70-72(59,60)61)36(56)42(69-32)52-28-51-35-39(46)49-27-50-40(35)52)38(57)41(58)48-23-15-34(55)47-22-14-33(54)44(18-19-44)16-7-3-5-10-30-12-9-13-31(24-30)11-6-4-8-17-45(20-21-45)66-29-53/h9,12-13,24,27-29,32,36-38,42,56-57H,3-8,10-11,14-23,25-26H2,1-2H3,(H,47,55)(H,48,58)(H,62,63)(H,64,65)(H2,46,49,50)(H2,59,60,61). The maximum atomic E-state index is 13.1. The van der Waals surface area contributed by atoms with Gasteiger partial charge in [-0.1, -0.05) is 57.4 Å². The highest BCUT2D eigenvalue weighted by Crippen LogP contribution is 2.61. The summed E-state index contributed by atoms with van der Waals surface area (Å²) >= 11 is 0. The molecule has 29 heteroatoms. The van der Waals surface area contributed by atoms with Crippen LogP contribution in [0.15, 0.2) is 36.9 Å². The van der Waals surface area contributed by atoms with Gasteiger partial charge in [-0.05, 0) is 81.8 Å². The lowest BCUT2D eigenvalue weighted by Crippen LogP contribution is -2.46. The fourth-order valence-electron chi connectivity index (χ4n) is 8.87. The molecular weight excluding hydrogens is 1040 g/mol. The highest BCUT2D eigenvalue weighted by atomic mass is 31.3. The van der Waals surface area contributed by atoms with Crippen molar-refractivity contribution >= 4 is 64.5 Å². The number of ketones is 1. The molecule has 3 fully saturated rings. The maximum Gasteiger partial charge on any atom is 0.481 e. The number of unbranched alkanes of at least 4 members (excludes halogenated alkanes) is 4. The van der Waals surface area contributed by atoms with Gasteiger partial charge in [-0.3, -0.25) is 37.3 Å². The number of nitrogens with two attached hydrogens (primary N) is 1. The van der Waals surface area contributed by atoms with Crippen LogP contribution in [0.2, 0.25) is 0 Å². The normalized spacial score (nSPS) is 22.1. The SMILES string of the molecule is CC(C)(COP(=O)(O)OP(=O)(O)OCC1OC(n2cnc3c(N)ncnc32)C(O)C1OP(=O)(O)O)C(O)C(=O)NCCC(=O)NCCC(=O)C1(CCCCCc2cccc(CCCCCC3(OC=O)CC3)c2)CC1. The Balaban J connectivity index is 0.836. The first kappa shape index (κ1) is 59.1. The van der Waals surface area contributed by atoms with Crippen LogP contribution in [0.4, 0.5) is 5.82 Å². The van der Waals surface area contributed by atoms with E-state index in [-0.39, 0.29) is 59.7 Å². The number of aliphatic hydroxyl groups excluding tert-OH is 2. The number of imidazole rings is 1. The summed E-state index contributed by atoms with van der Waals surface area (Å²) in [5, 5.41) is 26.8. The zero-order chi connectivity index (χ0) is 54.0. The van der Waals surface area contributed by atoms with Crippen LogP contribution < -0.4 is 16.4 Å². The quantitative estimate of drug-likeness (QED) is 0.0233. The Morgan fingerprint density at radius 3 is 2.19 bits per heavy atom. The molecule has 2 amide bonds. The number of nitrogens with zero attached hydrogens (tertiary/aromatic N) is 4. The summed E-state index contributed by atoms with van der Waals surface area (Å²) in [5.41, 5.74) is 6.38. The summed E-state index contributed by atoms with van der Waals surface area (Å²) in [4.78, 5) is 101. The Labute approximate surface area is 427 Å². The number of rotatable bonds is 34. The molecule has 412 valence electrons. The summed E-state index contributed by atoms with van der Waals surface area (Å²) in [6.07, 6.45) is 6.74. The van der Waals surface area contributed by atoms with Gasteiger partial charge in [0, 0.05) is 36.8 Å². The number of Topliss-reactive ketones (excluding diaryl/α,β-unsaturated/α-hetero) is 1.